The van der Waals surface area contributed by atoms with Crippen LogP contribution in [0.15, 0.2) is 53.5 Å². The summed E-state index contributed by atoms with van der Waals surface area (Å²) in [6.07, 6.45) is 2.63. The van der Waals surface area contributed by atoms with E-state index in [1.807, 2.05) is 50.1 Å². The molecule has 0 aliphatic carbocycles. The quantitative estimate of drug-likeness (QED) is 0.684. The first-order valence-corrected chi connectivity index (χ1v) is 8.64. The van der Waals surface area contributed by atoms with Crippen LogP contribution in [0.2, 0.25) is 0 Å². The molecule has 1 aromatic carbocycles. The normalized spacial score (nSPS) is 10.7. The third-order valence-electron chi connectivity index (χ3n) is 4.19. The minimum atomic E-state index is -0.156. The number of rotatable bonds is 6. The summed E-state index contributed by atoms with van der Waals surface area (Å²) in [6, 6.07) is 13.8. The van der Waals surface area contributed by atoms with Crippen molar-refractivity contribution < 1.29 is 0 Å². The van der Waals surface area contributed by atoms with Gasteiger partial charge in [0.2, 0.25) is 0 Å². The number of likely N-dealkylation sites (N-methyl/N-ethyl adjacent to an activating group) is 1. The number of aromatic nitrogens is 4. The summed E-state index contributed by atoms with van der Waals surface area (Å²) in [5.74, 6) is 0.599. The van der Waals surface area contributed by atoms with Crippen molar-refractivity contribution in [3.63, 3.8) is 0 Å². The second kappa shape index (κ2) is 7.91. The maximum Gasteiger partial charge on any atom is 0.269 e. The van der Waals surface area contributed by atoms with E-state index in [0.717, 1.165) is 30.0 Å². The molecule has 0 N–H and O–H groups in total. The van der Waals surface area contributed by atoms with Crippen LogP contribution in [0.3, 0.4) is 0 Å². The van der Waals surface area contributed by atoms with Crippen LogP contribution in [0, 0.1) is 13.8 Å². The lowest BCUT2D eigenvalue weighted by molar-refractivity contribution is 0.609. The van der Waals surface area contributed by atoms with Crippen molar-refractivity contribution >= 4 is 5.69 Å². The van der Waals surface area contributed by atoms with Gasteiger partial charge in [-0.1, -0.05) is 30.3 Å². The Kier molecular flexibility index (Phi) is 5.41. The molecule has 2 heterocycles. The Balaban J connectivity index is 1.69. The lowest BCUT2D eigenvalue weighted by Crippen LogP contribution is -2.27. The molecule has 3 aromatic rings. The van der Waals surface area contributed by atoms with E-state index in [-0.39, 0.29) is 12.1 Å². The summed E-state index contributed by atoms with van der Waals surface area (Å²) in [7, 11) is 1.97. The molecule has 0 aliphatic rings. The number of nitrogens with zero attached hydrogens (tertiary/aromatic N) is 5. The van der Waals surface area contributed by atoms with E-state index >= 15 is 0 Å². The minimum Gasteiger partial charge on any atom is -0.373 e. The van der Waals surface area contributed by atoms with E-state index in [4.69, 9.17) is 0 Å². The van der Waals surface area contributed by atoms with E-state index in [1.54, 1.807) is 12.3 Å². The molecule has 0 bridgehead atoms. The third-order valence-corrected chi connectivity index (χ3v) is 4.19. The van der Waals surface area contributed by atoms with Crippen LogP contribution in [0.4, 0.5) is 5.69 Å². The van der Waals surface area contributed by atoms with Gasteiger partial charge in [-0.2, -0.15) is 5.10 Å². The Morgan fingerprint density at radius 1 is 1.04 bits per heavy atom. The zero-order chi connectivity index (χ0) is 18.5. The molecule has 0 radical (unpaired) electrons. The van der Waals surface area contributed by atoms with E-state index < -0.39 is 0 Å². The molecule has 2 aromatic heterocycles. The minimum absolute atomic E-state index is 0.156. The first kappa shape index (κ1) is 17.8. The number of hydrogen-bond donors (Lipinski definition) is 0. The van der Waals surface area contributed by atoms with Gasteiger partial charge in [-0.05, 0) is 31.9 Å². The van der Waals surface area contributed by atoms with E-state index in [1.165, 1.54) is 10.2 Å². The van der Waals surface area contributed by atoms with Crippen LogP contribution in [0.5, 0.6) is 0 Å². The topological polar surface area (TPSA) is 63.9 Å². The van der Waals surface area contributed by atoms with Crippen molar-refractivity contribution in [1.82, 2.24) is 19.7 Å². The third kappa shape index (κ3) is 4.53. The fourth-order valence-electron chi connectivity index (χ4n) is 2.83. The molecule has 0 saturated carbocycles. The summed E-state index contributed by atoms with van der Waals surface area (Å²) >= 11 is 0. The second-order valence-corrected chi connectivity index (χ2v) is 6.43. The molecule has 0 unspecified atom stereocenters. The molecule has 0 fully saturated rings. The average Bonchev–Trinajstić information content (AvgIpc) is 2.61. The molecule has 3 rings (SSSR count). The summed E-state index contributed by atoms with van der Waals surface area (Å²) in [4.78, 5) is 23.2. The first-order chi connectivity index (χ1) is 12.5. The summed E-state index contributed by atoms with van der Waals surface area (Å²) in [6.45, 7) is 4.92. The number of hydrogen-bond acceptors (Lipinski definition) is 5. The summed E-state index contributed by atoms with van der Waals surface area (Å²) in [5.41, 5.74) is 3.70. The number of anilines is 1. The highest BCUT2D eigenvalue weighted by molar-refractivity contribution is 5.42. The monoisotopic (exact) mass is 349 g/mol. The van der Waals surface area contributed by atoms with Gasteiger partial charge in [0.15, 0.2) is 0 Å². The highest BCUT2D eigenvalue weighted by Crippen LogP contribution is 2.09. The van der Waals surface area contributed by atoms with Gasteiger partial charge in [-0.25, -0.2) is 14.6 Å². The number of aryl methyl sites for hydroxylation is 2. The molecule has 0 atom stereocenters. The van der Waals surface area contributed by atoms with E-state index in [2.05, 4.69) is 27.2 Å². The molecule has 0 saturated heterocycles. The second-order valence-electron chi connectivity index (χ2n) is 6.43. The van der Waals surface area contributed by atoms with Gasteiger partial charge < -0.3 is 4.90 Å². The van der Waals surface area contributed by atoms with Crippen molar-refractivity contribution in [2.45, 2.75) is 26.8 Å². The Bertz CT molecular complexity index is 916. The summed E-state index contributed by atoms with van der Waals surface area (Å²) < 4.78 is 1.39. The lowest BCUT2D eigenvalue weighted by Gasteiger charge is -2.19. The number of benzene rings is 1. The maximum atomic E-state index is 12.4. The van der Waals surface area contributed by atoms with E-state index in [0.29, 0.717) is 5.82 Å². The van der Waals surface area contributed by atoms with Crippen molar-refractivity contribution in [1.29, 1.82) is 0 Å². The Morgan fingerprint density at radius 2 is 1.73 bits per heavy atom. The van der Waals surface area contributed by atoms with Gasteiger partial charge in [0.25, 0.3) is 5.56 Å². The van der Waals surface area contributed by atoms with Crippen LogP contribution >= 0.6 is 0 Å². The van der Waals surface area contributed by atoms with Gasteiger partial charge in [-0.15, -0.1) is 0 Å². The van der Waals surface area contributed by atoms with Gasteiger partial charge in [0.1, 0.15) is 12.4 Å². The van der Waals surface area contributed by atoms with Crippen LogP contribution in [-0.4, -0.2) is 33.3 Å². The van der Waals surface area contributed by atoms with Crippen molar-refractivity contribution in [2.75, 3.05) is 18.5 Å². The van der Waals surface area contributed by atoms with Crippen LogP contribution in [-0.2, 0) is 13.0 Å². The van der Waals surface area contributed by atoms with E-state index in [9.17, 15) is 4.79 Å². The largest absolute Gasteiger partial charge is 0.373 e. The van der Waals surface area contributed by atoms with Gasteiger partial charge >= 0.3 is 0 Å². The highest BCUT2D eigenvalue weighted by Gasteiger charge is 2.08. The van der Waals surface area contributed by atoms with Crippen LogP contribution in [0.25, 0.3) is 0 Å². The van der Waals surface area contributed by atoms with Gasteiger partial charge in [0.05, 0.1) is 11.9 Å². The molecule has 0 amide bonds. The summed E-state index contributed by atoms with van der Waals surface area (Å²) in [5, 5.41) is 4.29. The van der Waals surface area contributed by atoms with Crippen molar-refractivity contribution in [3.05, 3.63) is 81.8 Å². The molecule has 6 nitrogen and oxygen atoms in total. The Morgan fingerprint density at radius 3 is 2.38 bits per heavy atom. The molecular formula is C20H23N5O. The van der Waals surface area contributed by atoms with Gasteiger partial charge in [-0.3, -0.25) is 4.79 Å². The zero-order valence-electron chi connectivity index (χ0n) is 15.4. The average molecular weight is 349 g/mol. The lowest BCUT2D eigenvalue weighted by atomic mass is 10.1. The molecule has 6 heteroatoms. The van der Waals surface area contributed by atoms with Crippen LogP contribution < -0.4 is 10.5 Å². The Labute approximate surface area is 153 Å². The standard InChI is InChI=1S/C20H23N5O/c1-15-11-16(2)23-19(22-15)14-25-20(26)12-18(13-21-25)24(3)10-9-17-7-5-4-6-8-17/h4-8,11-13H,9-10,14H2,1-3H3. The van der Waals surface area contributed by atoms with Gasteiger partial charge in [0, 0.05) is 31.0 Å². The maximum absolute atomic E-state index is 12.4. The van der Waals surface area contributed by atoms with Crippen molar-refractivity contribution in [3.8, 4) is 0 Å². The highest BCUT2D eigenvalue weighted by atomic mass is 16.1. The Hall–Kier alpha value is -3.02. The first-order valence-electron chi connectivity index (χ1n) is 8.64. The smallest absolute Gasteiger partial charge is 0.269 e. The molecular weight excluding hydrogens is 326 g/mol. The fourth-order valence-corrected chi connectivity index (χ4v) is 2.83. The zero-order valence-corrected chi connectivity index (χ0v) is 15.4. The molecule has 134 valence electrons. The predicted octanol–water partition coefficient (Wildman–Crippen LogP) is 2.38. The molecule has 0 aliphatic heterocycles. The predicted molar refractivity (Wildman–Crippen MR) is 103 cm³/mol. The molecule has 26 heavy (non-hydrogen) atoms. The van der Waals surface area contributed by atoms with Crippen molar-refractivity contribution in [2.24, 2.45) is 0 Å². The SMILES string of the molecule is Cc1cc(C)nc(Cn2ncc(N(C)CCc3ccccc3)cc2=O)n1. The van der Waals surface area contributed by atoms with Crippen LogP contribution in [0.1, 0.15) is 22.8 Å². The fraction of sp³-hybridized carbons (Fsp3) is 0.300. The molecule has 0 spiro atoms.